The first kappa shape index (κ1) is 17.7. The molecule has 2 aromatic rings. The minimum absolute atomic E-state index is 0.0333. The predicted molar refractivity (Wildman–Crippen MR) is 103 cm³/mol. The van der Waals surface area contributed by atoms with Gasteiger partial charge in [0.2, 0.25) is 0 Å². The molecule has 0 bridgehead atoms. The third kappa shape index (κ3) is 3.65. The fourth-order valence-corrected chi connectivity index (χ4v) is 7.93. The minimum Gasteiger partial charge on any atom is -0.401 e. The van der Waals surface area contributed by atoms with Crippen LogP contribution in [0, 0.1) is 0 Å². The number of allylic oxidation sites excluding steroid dienone is 1. The lowest BCUT2D eigenvalue weighted by molar-refractivity contribution is 0.252. The van der Waals surface area contributed by atoms with Crippen LogP contribution in [-0.2, 0) is 4.43 Å². The highest BCUT2D eigenvalue weighted by Crippen LogP contribution is 2.37. The lowest BCUT2D eigenvalue weighted by Gasteiger charge is -2.44. The van der Waals surface area contributed by atoms with E-state index in [4.69, 9.17) is 4.43 Å². The van der Waals surface area contributed by atoms with Crippen molar-refractivity contribution in [1.82, 2.24) is 0 Å². The molecule has 122 valence electrons. The van der Waals surface area contributed by atoms with E-state index in [0.29, 0.717) is 0 Å². The second-order valence-corrected chi connectivity index (χ2v) is 11.3. The first-order chi connectivity index (χ1) is 10.9. The molecule has 1 nitrogen and oxygen atoms in total. The zero-order valence-electron chi connectivity index (χ0n) is 14.9. The average Bonchev–Trinajstić information content (AvgIpc) is 2.53. The quantitative estimate of drug-likeness (QED) is 0.580. The molecule has 2 heteroatoms. The summed E-state index contributed by atoms with van der Waals surface area (Å²) in [7, 11) is -2.40. The molecule has 2 rings (SSSR count). The van der Waals surface area contributed by atoms with Crippen LogP contribution in [0.15, 0.2) is 72.8 Å². The van der Waals surface area contributed by atoms with E-state index in [1.165, 1.54) is 10.4 Å². The third-order valence-electron chi connectivity index (χ3n) is 4.24. The van der Waals surface area contributed by atoms with E-state index in [-0.39, 0.29) is 11.1 Å². The molecule has 0 saturated carbocycles. The summed E-state index contributed by atoms with van der Waals surface area (Å²) in [6, 6.07) is 21.5. The Morgan fingerprint density at radius 3 is 1.65 bits per heavy atom. The van der Waals surface area contributed by atoms with Crippen LogP contribution in [0.1, 0.15) is 34.6 Å². The first-order valence-electron chi connectivity index (χ1n) is 8.33. The Kier molecular flexibility index (Phi) is 5.61. The molecule has 0 heterocycles. The SMILES string of the molecule is C/C=C\[C@H](C)O[Si](c1ccccc1)(c1ccccc1)C(C)(C)C. The molecule has 1 atom stereocenters. The molecule has 0 aromatic heterocycles. The van der Waals surface area contributed by atoms with E-state index in [9.17, 15) is 0 Å². The van der Waals surface area contributed by atoms with E-state index < -0.39 is 8.32 Å². The Bertz CT molecular complexity index is 586. The van der Waals surface area contributed by atoms with Crippen molar-refractivity contribution in [3.63, 3.8) is 0 Å². The van der Waals surface area contributed by atoms with Gasteiger partial charge < -0.3 is 4.43 Å². The van der Waals surface area contributed by atoms with Crippen molar-refractivity contribution in [3.05, 3.63) is 72.8 Å². The van der Waals surface area contributed by atoms with Gasteiger partial charge in [0, 0.05) is 0 Å². The number of hydrogen-bond donors (Lipinski definition) is 0. The van der Waals surface area contributed by atoms with Crippen LogP contribution >= 0.6 is 0 Å². The van der Waals surface area contributed by atoms with Crippen molar-refractivity contribution in [2.45, 2.75) is 45.8 Å². The number of rotatable bonds is 5. The van der Waals surface area contributed by atoms with E-state index in [1.807, 2.05) is 6.92 Å². The van der Waals surface area contributed by atoms with E-state index in [0.717, 1.165) is 0 Å². The van der Waals surface area contributed by atoms with E-state index in [2.05, 4.69) is 101 Å². The fourth-order valence-electron chi connectivity index (χ4n) is 3.28. The molecule has 0 amide bonds. The molecule has 0 N–H and O–H groups in total. The second-order valence-electron chi connectivity index (χ2n) is 7.01. The summed E-state index contributed by atoms with van der Waals surface area (Å²) in [6.07, 6.45) is 4.30. The maximum atomic E-state index is 6.87. The van der Waals surface area contributed by atoms with Gasteiger partial charge in [0.1, 0.15) is 0 Å². The molecular formula is C21H28OSi. The van der Waals surface area contributed by atoms with Crippen LogP contribution in [0.4, 0.5) is 0 Å². The summed E-state index contributed by atoms with van der Waals surface area (Å²) < 4.78 is 6.87. The van der Waals surface area contributed by atoms with Crippen molar-refractivity contribution in [2.24, 2.45) is 0 Å². The van der Waals surface area contributed by atoms with Crippen molar-refractivity contribution in [2.75, 3.05) is 0 Å². The number of hydrogen-bond acceptors (Lipinski definition) is 1. The van der Waals surface area contributed by atoms with Gasteiger partial charge in [-0.2, -0.15) is 0 Å². The van der Waals surface area contributed by atoms with Crippen LogP contribution in [0.2, 0.25) is 5.04 Å². The van der Waals surface area contributed by atoms with Gasteiger partial charge in [-0.15, -0.1) is 0 Å². The number of benzene rings is 2. The molecule has 0 aliphatic carbocycles. The standard InChI is InChI=1S/C21H28OSi/c1-6-13-18(2)22-23(21(3,4)5,19-14-9-7-10-15-19)20-16-11-8-12-17-20/h6-18H,1-5H3/b13-6-/t18-/m0/s1. The Morgan fingerprint density at radius 2 is 1.30 bits per heavy atom. The second kappa shape index (κ2) is 7.29. The molecule has 0 unspecified atom stereocenters. The van der Waals surface area contributed by atoms with Gasteiger partial charge in [0.25, 0.3) is 8.32 Å². The molecule has 0 fully saturated rings. The normalized spacial score (nSPS) is 14.1. The van der Waals surface area contributed by atoms with E-state index in [1.54, 1.807) is 0 Å². The average molecular weight is 325 g/mol. The summed E-state index contributed by atoms with van der Waals surface area (Å²) in [5, 5.41) is 2.69. The molecule has 23 heavy (non-hydrogen) atoms. The zero-order valence-corrected chi connectivity index (χ0v) is 15.9. The highest BCUT2D eigenvalue weighted by Gasteiger charge is 2.50. The highest BCUT2D eigenvalue weighted by atomic mass is 28.4. The van der Waals surface area contributed by atoms with Gasteiger partial charge in [0.05, 0.1) is 6.10 Å². The van der Waals surface area contributed by atoms with Crippen LogP contribution in [-0.4, -0.2) is 14.4 Å². The molecule has 2 aromatic carbocycles. The Hall–Kier alpha value is -1.64. The van der Waals surface area contributed by atoms with Crippen molar-refractivity contribution < 1.29 is 4.43 Å². The summed E-state index contributed by atoms with van der Waals surface area (Å²) in [5.74, 6) is 0. The van der Waals surface area contributed by atoms with Crippen molar-refractivity contribution in [1.29, 1.82) is 0 Å². The van der Waals surface area contributed by atoms with Crippen LogP contribution in [0.3, 0.4) is 0 Å². The molecule has 0 aliphatic rings. The Morgan fingerprint density at radius 1 is 0.870 bits per heavy atom. The largest absolute Gasteiger partial charge is 0.401 e. The van der Waals surface area contributed by atoms with Gasteiger partial charge in [-0.3, -0.25) is 0 Å². The Balaban J connectivity index is 2.69. The van der Waals surface area contributed by atoms with Gasteiger partial charge in [-0.1, -0.05) is 93.6 Å². The third-order valence-corrected chi connectivity index (χ3v) is 9.37. The molecule has 0 saturated heterocycles. The fraction of sp³-hybridized carbons (Fsp3) is 0.333. The van der Waals surface area contributed by atoms with Crippen LogP contribution in [0.25, 0.3) is 0 Å². The van der Waals surface area contributed by atoms with Crippen molar-refractivity contribution >= 4 is 18.7 Å². The molecular weight excluding hydrogens is 296 g/mol. The summed E-state index contributed by atoms with van der Waals surface area (Å²) >= 11 is 0. The molecule has 0 spiro atoms. The zero-order chi connectivity index (χ0) is 16.9. The van der Waals surface area contributed by atoms with Gasteiger partial charge in [0.15, 0.2) is 0 Å². The van der Waals surface area contributed by atoms with Crippen molar-refractivity contribution in [3.8, 4) is 0 Å². The molecule has 0 aliphatic heterocycles. The maximum Gasteiger partial charge on any atom is 0.261 e. The monoisotopic (exact) mass is 324 g/mol. The van der Waals surface area contributed by atoms with Crippen LogP contribution in [0.5, 0.6) is 0 Å². The van der Waals surface area contributed by atoms with Crippen LogP contribution < -0.4 is 10.4 Å². The van der Waals surface area contributed by atoms with Gasteiger partial charge in [-0.25, -0.2) is 0 Å². The summed E-state index contributed by atoms with van der Waals surface area (Å²) in [6.45, 7) is 11.1. The predicted octanol–water partition coefficient (Wildman–Crippen LogP) is 4.53. The minimum atomic E-state index is -2.40. The first-order valence-corrected chi connectivity index (χ1v) is 10.2. The van der Waals surface area contributed by atoms with Gasteiger partial charge >= 0.3 is 0 Å². The highest BCUT2D eigenvalue weighted by molar-refractivity contribution is 6.99. The summed E-state index contributed by atoms with van der Waals surface area (Å²) in [5.41, 5.74) is 0. The summed E-state index contributed by atoms with van der Waals surface area (Å²) in [4.78, 5) is 0. The van der Waals surface area contributed by atoms with E-state index >= 15 is 0 Å². The lowest BCUT2D eigenvalue weighted by atomic mass is 10.2. The molecule has 0 radical (unpaired) electrons. The smallest absolute Gasteiger partial charge is 0.261 e. The Labute approximate surface area is 142 Å². The van der Waals surface area contributed by atoms with Gasteiger partial charge in [-0.05, 0) is 29.3 Å². The maximum absolute atomic E-state index is 6.87. The topological polar surface area (TPSA) is 9.23 Å². The lowest BCUT2D eigenvalue weighted by Crippen LogP contribution is -2.67.